The predicted octanol–water partition coefficient (Wildman–Crippen LogP) is 2.44. The molecule has 0 aliphatic carbocycles. The number of benzene rings is 1. The molecule has 1 heterocycles. The lowest BCUT2D eigenvalue weighted by Gasteiger charge is -2.15. The first kappa shape index (κ1) is 14.6. The Morgan fingerprint density at radius 1 is 1.21 bits per heavy atom. The second-order valence-corrected chi connectivity index (χ2v) is 7.34. The van der Waals surface area contributed by atoms with Gasteiger partial charge in [-0.15, -0.1) is 0 Å². The number of hydrogen-bond acceptors (Lipinski definition) is 3. The van der Waals surface area contributed by atoms with Crippen LogP contribution in [0.2, 0.25) is 10.0 Å². The molecule has 19 heavy (non-hydrogen) atoms. The van der Waals surface area contributed by atoms with Gasteiger partial charge in [0.2, 0.25) is 5.91 Å². The van der Waals surface area contributed by atoms with E-state index in [9.17, 15) is 13.2 Å². The second kappa shape index (κ2) is 5.69. The highest BCUT2D eigenvalue weighted by molar-refractivity contribution is 7.93. The van der Waals surface area contributed by atoms with Crippen LogP contribution >= 0.6 is 23.2 Å². The molecule has 1 unspecified atom stereocenters. The van der Waals surface area contributed by atoms with E-state index in [1.807, 2.05) is 0 Å². The molecule has 1 aromatic rings. The van der Waals surface area contributed by atoms with E-state index < -0.39 is 21.0 Å². The largest absolute Gasteiger partial charge is 0.355 e. The molecule has 7 heteroatoms. The van der Waals surface area contributed by atoms with Gasteiger partial charge >= 0.3 is 0 Å². The normalized spacial score (nSPS) is 20.7. The van der Waals surface area contributed by atoms with Gasteiger partial charge in [0.25, 0.3) is 0 Å². The number of amides is 1. The van der Waals surface area contributed by atoms with E-state index in [1.165, 1.54) is 18.2 Å². The van der Waals surface area contributed by atoms with Crippen molar-refractivity contribution in [3.63, 3.8) is 0 Å². The Morgan fingerprint density at radius 3 is 2.68 bits per heavy atom. The van der Waals surface area contributed by atoms with Crippen molar-refractivity contribution in [2.24, 2.45) is 0 Å². The molecule has 1 aromatic carbocycles. The highest BCUT2D eigenvalue weighted by atomic mass is 35.5. The van der Waals surface area contributed by atoms with Crippen molar-refractivity contribution in [1.29, 1.82) is 0 Å². The summed E-state index contributed by atoms with van der Waals surface area (Å²) in [6.45, 7) is 0.508. The highest BCUT2D eigenvalue weighted by Crippen LogP contribution is 2.30. The molecule has 1 atom stereocenters. The maximum atomic E-state index is 12.5. The van der Waals surface area contributed by atoms with Crippen molar-refractivity contribution in [3.05, 3.63) is 28.2 Å². The Balaban J connectivity index is 2.46. The number of carbonyl (C=O) groups is 1. The summed E-state index contributed by atoms with van der Waals surface area (Å²) in [6.07, 6.45) is 1.76. The summed E-state index contributed by atoms with van der Waals surface area (Å²) in [4.78, 5) is 11.8. The van der Waals surface area contributed by atoms with Gasteiger partial charge in [-0.3, -0.25) is 4.79 Å². The molecule has 1 N–H and O–H groups in total. The lowest BCUT2D eigenvalue weighted by molar-refractivity contribution is -0.120. The van der Waals surface area contributed by atoms with Crippen LogP contribution in [0.1, 0.15) is 19.3 Å². The minimum absolute atomic E-state index is 0.0799. The molecule has 1 amide bonds. The van der Waals surface area contributed by atoms with Crippen LogP contribution in [0, 0.1) is 0 Å². The summed E-state index contributed by atoms with van der Waals surface area (Å²) < 4.78 is 25.0. The number of rotatable bonds is 2. The van der Waals surface area contributed by atoms with Crippen LogP contribution in [0.3, 0.4) is 0 Å². The first-order valence-corrected chi connectivity index (χ1v) is 8.20. The summed E-state index contributed by atoms with van der Waals surface area (Å²) in [5.74, 6) is -0.464. The third kappa shape index (κ3) is 3.04. The second-order valence-electron chi connectivity index (χ2n) is 4.40. The standard InChI is InChI=1S/C12H13Cl2NO3S/c13-8-4-5-9(14)11(7-8)19(17,18)10-3-1-2-6-15-12(10)16/h4-5,7,10H,1-3,6H2,(H,15,16). The van der Waals surface area contributed by atoms with Crippen molar-refractivity contribution < 1.29 is 13.2 Å². The maximum Gasteiger partial charge on any atom is 0.238 e. The molecule has 1 saturated heterocycles. The average molecular weight is 322 g/mol. The summed E-state index contributed by atoms with van der Waals surface area (Å²) in [7, 11) is -3.82. The molecule has 0 aromatic heterocycles. The average Bonchev–Trinajstić information content (AvgIpc) is 2.57. The van der Waals surface area contributed by atoms with Gasteiger partial charge in [-0.2, -0.15) is 0 Å². The van der Waals surface area contributed by atoms with Crippen LogP contribution in [0.25, 0.3) is 0 Å². The molecule has 1 aliphatic heterocycles. The monoisotopic (exact) mass is 321 g/mol. The van der Waals surface area contributed by atoms with Gasteiger partial charge in [0.05, 0.1) is 9.92 Å². The number of halogens is 2. The lowest BCUT2D eigenvalue weighted by Crippen LogP contribution is -2.38. The molecular weight excluding hydrogens is 309 g/mol. The number of carbonyl (C=O) groups excluding carboxylic acids is 1. The van der Waals surface area contributed by atoms with Crippen molar-refractivity contribution in [1.82, 2.24) is 5.32 Å². The van der Waals surface area contributed by atoms with Gasteiger partial charge in [0.1, 0.15) is 5.25 Å². The first-order chi connectivity index (χ1) is 8.93. The van der Waals surface area contributed by atoms with Crippen LogP contribution in [0.15, 0.2) is 23.1 Å². The maximum absolute atomic E-state index is 12.5. The highest BCUT2D eigenvalue weighted by Gasteiger charge is 2.36. The summed E-state index contributed by atoms with van der Waals surface area (Å²) in [5, 5.41) is 1.88. The molecule has 4 nitrogen and oxygen atoms in total. The van der Waals surface area contributed by atoms with E-state index in [-0.39, 0.29) is 14.9 Å². The number of hydrogen-bond donors (Lipinski definition) is 1. The SMILES string of the molecule is O=C1NCCCCC1S(=O)(=O)c1cc(Cl)ccc1Cl. The molecule has 104 valence electrons. The third-order valence-corrected chi connectivity index (χ3v) is 5.89. The summed E-state index contributed by atoms with van der Waals surface area (Å²) >= 11 is 11.7. The summed E-state index contributed by atoms with van der Waals surface area (Å²) in [5.41, 5.74) is 0. The Bertz CT molecular complexity index is 601. The van der Waals surface area contributed by atoms with E-state index in [2.05, 4.69) is 5.32 Å². The van der Waals surface area contributed by atoms with Crippen molar-refractivity contribution >= 4 is 38.9 Å². The minimum atomic E-state index is -3.82. The van der Waals surface area contributed by atoms with Crippen LogP contribution in [0.5, 0.6) is 0 Å². The van der Waals surface area contributed by atoms with Gasteiger partial charge in [-0.25, -0.2) is 8.42 Å². The molecule has 0 saturated carbocycles. The predicted molar refractivity (Wildman–Crippen MR) is 74.3 cm³/mol. The fourth-order valence-electron chi connectivity index (χ4n) is 2.06. The van der Waals surface area contributed by atoms with E-state index in [1.54, 1.807) is 0 Å². The quantitative estimate of drug-likeness (QED) is 0.909. The molecular formula is C12H13Cl2NO3S. The van der Waals surface area contributed by atoms with Gasteiger partial charge in [-0.1, -0.05) is 23.2 Å². The zero-order valence-corrected chi connectivity index (χ0v) is 12.4. The minimum Gasteiger partial charge on any atom is -0.355 e. The van der Waals surface area contributed by atoms with Gasteiger partial charge in [-0.05, 0) is 37.5 Å². The fraction of sp³-hybridized carbons (Fsp3) is 0.417. The number of sulfone groups is 1. The molecule has 2 rings (SSSR count). The smallest absolute Gasteiger partial charge is 0.238 e. The molecule has 0 spiro atoms. The topological polar surface area (TPSA) is 63.2 Å². The Hall–Kier alpha value is -0.780. The van der Waals surface area contributed by atoms with E-state index in [0.717, 1.165) is 6.42 Å². The zero-order chi connectivity index (χ0) is 14.0. The Morgan fingerprint density at radius 2 is 1.95 bits per heavy atom. The van der Waals surface area contributed by atoms with Gasteiger partial charge in [0, 0.05) is 11.6 Å². The van der Waals surface area contributed by atoms with E-state index >= 15 is 0 Å². The molecule has 1 aliphatic rings. The van der Waals surface area contributed by atoms with Crippen LogP contribution in [0.4, 0.5) is 0 Å². The fourth-order valence-corrected chi connectivity index (χ4v) is 4.51. The molecule has 0 radical (unpaired) electrons. The van der Waals surface area contributed by atoms with Gasteiger partial charge < -0.3 is 5.32 Å². The van der Waals surface area contributed by atoms with Gasteiger partial charge in [0.15, 0.2) is 9.84 Å². The molecule has 1 fully saturated rings. The Labute approximate surface area is 122 Å². The van der Waals surface area contributed by atoms with Crippen LogP contribution in [-0.4, -0.2) is 26.1 Å². The van der Waals surface area contributed by atoms with Crippen molar-refractivity contribution in [2.45, 2.75) is 29.4 Å². The lowest BCUT2D eigenvalue weighted by atomic mass is 10.2. The first-order valence-electron chi connectivity index (χ1n) is 5.89. The van der Waals surface area contributed by atoms with Crippen LogP contribution < -0.4 is 5.32 Å². The van der Waals surface area contributed by atoms with E-state index in [0.29, 0.717) is 19.4 Å². The van der Waals surface area contributed by atoms with Crippen molar-refractivity contribution in [3.8, 4) is 0 Å². The van der Waals surface area contributed by atoms with Crippen molar-refractivity contribution in [2.75, 3.05) is 6.54 Å². The number of nitrogens with one attached hydrogen (secondary N) is 1. The van der Waals surface area contributed by atoms with E-state index in [4.69, 9.17) is 23.2 Å². The zero-order valence-electron chi connectivity index (χ0n) is 10.0. The van der Waals surface area contributed by atoms with Crippen LogP contribution in [-0.2, 0) is 14.6 Å². The summed E-state index contributed by atoms with van der Waals surface area (Å²) in [6, 6.07) is 4.22. The third-order valence-electron chi connectivity index (χ3n) is 3.06. The molecule has 0 bridgehead atoms. The Kier molecular flexibility index (Phi) is 4.38.